The lowest BCUT2D eigenvalue weighted by atomic mass is 9.99. The molecular formula is C31H44N6O. The number of benzene rings is 2. The fourth-order valence-corrected chi connectivity index (χ4v) is 6.39. The van der Waals surface area contributed by atoms with Gasteiger partial charge in [-0.15, -0.1) is 0 Å². The number of piperazine rings is 1. The summed E-state index contributed by atoms with van der Waals surface area (Å²) >= 11 is 0. The van der Waals surface area contributed by atoms with Gasteiger partial charge in [-0.05, 0) is 69.8 Å². The normalized spacial score (nSPS) is 22.0. The smallest absolute Gasteiger partial charge is 0.318 e. The number of anilines is 2. The SMILES string of the molecule is CC.CN1CCCC1.COc1nc2c(c(N3CC4CC3CN4)n1)CCN(c1cccc3cccc(C)c13)C2. The monoisotopic (exact) mass is 516 g/mol. The van der Waals surface area contributed by atoms with Gasteiger partial charge in [0.2, 0.25) is 0 Å². The maximum atomic E-state index is 5.51. The minimum absolute atomic E-state index is 0.482. The van der Waals surface area contributed by atoms with E-state index in [1.54, 1.807) is 7.11 Å². The Morgan fingerprint density at radius 2 is 1.76 bits per heavy atom. The van der Waals surface area contributed by atoms with Gasteiger partial charge in [-0.25, -0.2) is 0 Å². The number of rotatable bonds is 3. The van der Waals surface area contributed by atoms with Gasteiger partial charge in [0.15, 0.2) is 0 Å². The van der Waals surface area contributed by atoms with Crippen LogP contribution in [-0.4, -0.2) is 73.8 Å². The Hall–Kier alpha value is -2.90. The van der Waals surface area contributed by atoms with Crippen molar-refractivity contribution in [3.8, 4) is 6.01 Å². The number of nitrogens with zero attached hydrogens (tertiary/aromatic N) is 5. The minimum atomic E-state index is 0.482. The van der Waals surface area contributed by atoms with Gasteiger partial charge in [0, 0.05) is 48.4 Å². The molecule has 2 bridgehead atoms. The first-order valence-corrected chi connectivity index (χ1v) is 14.5. The van der Waals surface area contributed by atoms with Gasteiger partial charge in [0.05, 0.1) is 19.3 Å². The van der Waals surface area contributed by atoms with E-state index in [0.29, 0.717) is 18.1 Å². The Bertz CT molecular complexity index is 1240. The third-order valence-corrected chi connectivity index (χ3v) is 8.30. The zero-order valence-electron chi connectivity index (χ0n) is 23.8. The Morgan fingerprint density at radius 1 is 1.00 bits per heavy atom. The third-order valence-electron chi connectivity index (χ3n) is 8.30. The van der Waals surface area contributed by atoms with Gasteiger partial charge in [-0.3, -0.25) is 0 Å². The molecule has 5 heterocycles. The van der Waals surface area contributed by atoms with Crippen molar-refractivity contribution in [1.29, 1.82) is 0 Å². The second-order valence-electron chi connectivity index (χ2n) is 10.7. The Balaban J connectivity index is 0.000000321. The van der Waals surface area contributed by atoms with Gasteiger partial charge < -0.3 is 24.8 Å². The number of aryl methyl sites for hydroxylation is 1. The van der Waals surface area contributed by atoms with Crippen molar-refractivity contribution in [2.45, 2.75) is 65.1 Å². The molecule has 7 nitrogen and oxygen atoms in total. The number of likely N-dealkylation sites (tertiary alicyclic amines) is 1. The maximum absolute atomic E-state index is 5.51. The summed E-state index contributed by atoms with van der Waals surface area (Å²) in [6, 6.07) is 14.7. The number of nitrogens with one attached hydrogen (secondary N) is 1. The summed E-state index contributed by atoms with van der Waals surface area (Å²) in [5, 5.41) is 6.22. The molecule has 2 unspecified atom stereocenters. The molecule has 3 saturated heterocycles. The van der Waals surface area contributed by atoms with Gasteiger partial charge in [0.25, 0.3) is 0 Å². The van der Waals surface area contributed by atoms with Gasteiger partial charge in [0.1, 0.15) is 5.82 Å². The Kier molecular flexibility index (Phi) is 8.34. The van der Waals surface area contributed by atoms with Gasteiger partial charge in [-0.1, -0.05) is 44.2 Å². The first-order valence-electron chi connectivity index (χ1n) is 14.5. The van der Waals surface area contributed by atoms with Crippen molar-refractivity contribution in [3.63, 3.8) is 0 Å². The van der Waals surface area contributed by atoms with Crippen molar-refractivity contribution in [3.05, 3.63) is 53.2 Å². The zero-order valence-corrected chi connectivity index (χ0v) is 23.8. The van der Waals surface area contributed by atoms with Crippen LogP contribution in [-0.2, 0) is 13.0 Å². The van der Waals surface area contributed by atoms with Crippen LogP contribution in [0.25, 0.3) is 10.8 Å². The number of hydrogen-bond donors (Lipinski definition) is 1. The van der Waals surface area contributed by atoms with E-state index in [9.17, 15) is 0 Å². The lowest BCUT2D eigenvalue weighted by Crippen LogP contribution is -2.45. The molecule has 38 heavy (non-hydrogen) atoms. The largest absolute Gasteiger partial charge is 0.467 e. The number of fused-ring (bicyclic) bond motifs is 4. The number of methoxy groups -OCH3 is 1. The molecule has 0 amide bonds. The summed E-state index contributed by atoms with van der Waals surface area (Å²) in [4.78, 5) is 16.9. The van der Waals surface area contributed by atoms with Crippen LogP contribution < -0.4 is 19.9 Å². The molecule has 1 aromatic heterocycles. The van der Waals surface area contributed by atoms with E-state index in [4.69, 9.17) is 14.7 Å². The van der Waals surface area contributed by atoms with Crippen LogP contribution in [0.2, 0.25) is 0 Å². The average molecular weight is 517 g/mol. The molecule has 204 valence electrons. The second-order valence-corrected chi connectivity index (χ2v) is 10.7. The number of aromatic nitrogens is 2. The molecule has 2 aromatic carbocycles. The summed E-state index contributed by atoms with van der Waals surface area (Å²) in [5.41, 5.74) is 5.01. The van der Waals surface area contributed by atoms with Crippen molar-refractivity contribution in [2.75, 3.05) is 56.7 Å². The minimum Gasteiger partial charge on any atom is -0.467 e. The number of ether oxygens (including phenoxy) is 1. The summed E-state index contributed by atoms with van der Waals surface area (Å²) < 4.78 is 5.51. The standard InChI is InChI=1S/C24H27N5O.C5H11N.C2H6/c1-15-5-3-6-16-7-4-8-21(22(15)16)28-10-9-19-20(14-28)26-24(30-2)27-23(19)29-13-17-11-18(29)12-25-17;1-6-4-2-3-5-6;1-2/h3-8,17-18,25H,9-14H2,1-2H3;2-5H2,1H3;1-2H3. The zero-order chi connectivity index (χ0) is 26.6. The van der Waals surface area contributed by atoms with Crippen LogP contribution in [0.3, 0.4) is 0 Å². The predicted molar refractivity (Wildman–Crippen MR) is 158 cm³/mol. The third kappa shape index (κ3) is 5.32. The molecule has 0 spiro atoms. The molecule has 4 aliphatic heterocycles. The Morgan fingerprint density at radius 3 is 2.39 bits per heavy atom. The Labute approximate surface area is 228 Å². The van der Waals surface area contributed by atoms with Crippen molar-refractivity contribution in [2.24, 2.45) is 0 Å². The van der Waals surface area contributed by atoms with Crippen molar-refractivity contribution in [1.82, 2.24) is 20.2 Å². The lowest BCUT2D eigenvalue weighted by Gasteiger charge is -2.35. The molecule has 1 N–H and O–H groups in total. The predicted octanol–water partition coefficient (Wildman–Crippen LogP) is 4.80. The highest BCUT2D eigenvalue weighted by Gasteiger charge is 2.40. The van der Waals surface area contributed by atoms with Gasteiger partial charge in [-0.2, -0.15) is 9.97 Å². The van der Waals surface area contributed by atoms with E-state index in [1.807, 2.05) is 13.8 Å². The van der Waals surface area contributed by atoms with E-state index < -0.39 is 0 Å². The van der Waals surface area contributed by atoms with Crippen molar-refractivity contribution >= 4 is 22.3 Å². The second kappa shape index (κ2) is 11.9. The molecule has 4 aliphatic rings. The quantitative estimate of drug-likeness (QED) is 0.537. The summed E-state index contributed by atoms with van der Waals surface area (Å²) in [5.74, 6) is 1.10. The molecule has 2 atom stereocenters. The topological polar surface area (TPSA) is 56.8 Å². The van der Waals surface area contributed by atoms with Crippen LogP contribution in [0.5, 0.6) is 6.01 Å². The first kappa shape index (κ1) is 26.7. The van der Waals surface area contributed by atoms with E-state index in [1.165, 1.54) is 59.9 Å². The average Bonchev–Trinajstić information content (AvgIpc) is 3.73. The van der Waals surface area contributed by atoms with Gasteiger partial charge >= 0.3 is 6.01 Å². The number of hydrogen-bond acceptors (Lipinski definition) is 7. The molecule has 3 fully saturated rings. The summed E-state index contributed by atoms with van der Waals surface area (Å²) in [6.07, 6.45) is 4.99. The van der Waals surface area contributed by atoms with Crippen LogP contribution in [0.15, 0.2) is 36.4 Å². The van der Waals surface area contributed by atoms with E-state index in [2.05, 4.69) is 70.4 Å². The molecule has 7 rings (SSSR count). The molecule has 0 saturated carbocycles. The molecule has 7 heteroatoms. The molecule has 3 aromatic rings. The molecule has 0 radical (unpaired) electrons. The summed E-state index contributed by atoms with van der Waals surface area (Å²) in [7, 11) is 3.84. The fourth-order valence-electron chi connectivity index (χ4n) is 6.39. The first-order chi connectivity index (χ1) is 18.6. The van der Waals surface area contributed by atoms with Crippen LogP contribution >= 0.6 is 0 Å². The van der Waals surface area contributed by atoms with Crippen LogP contribution in [0.1, 0.15) is 49.9 Å². The van der Waals surface area contributed by atoms with E-state index in [-0.39, 0.29) is 0 Å². The highest BCUT2D eigenvalue weighted by atomic mass is 16.5. The summed E-state index contributed by atoms with van der Waals surface area (Å²) in [6.45, 7) is 12.7. The highest BCUT2D eigenvalue weighted by molar-refractivity contribution is 5.97. The maximum Gasteiger partial charge on any atom is 0.318 e. The van der Waals surface area contributed by atoms with Crippen LogP contribution in [0, 0.1) is 6.92 Å². The van der Waals surface area contributed by atoms with Crippen molar-refractivity contribution < 1.29 is 4.74 Å². The molecular weight excluding hydrogens is 472 g/mol. The van der Waals surface area contributed by atoms with Crippen LogP contribution in [0.4, 0.5) is 11.5 Å². The molecule has 0 aliphatic carbocycles. The lowest BCUT2D eigenvalue weighted by molar-refractivity contribution is 0.376. The van der Waals surface area contributed by atoms with E-state index in [0.717, 1.165) is 44.1 Å². The highest BCUT2D eigenvalue weighted by Crippen LogP contribution is 2.37. The van der Waals surface area contributed by atoms with E-state index >= 15 is 0 Å². The fraction of sp³-hybridized carbons (Fsp3) is 0.548.